The maximum absolute atomic E-state index is 13.9. The van der Waals surface area contributed by atoms with Gasteiger partial charge in [0.2, 0.25) is 0 Å². The van der Waals surface area contributed by atoms with Crippen LogP contribution in [0.5, 0.6) is 0 Å². The minimum Gasteiger partial charge on any atom is -0.197 e. The standard InChI is InChI=1S/C14H18F2/c1-10(2)14(15,16)13-9-8-11(3)6-5-7-12(13)4/h5-6,8-9,12H,1,7H2,2-4H3/b6-5+,11-8-,13-9+. The van der Waals surface area contributed by atoms with E-state index in [-0.39, 0.29) is 17.1 Å². The van der Waals surface area contributed by atoms with E-state index in [2.05, 4.69) is 6.58 Å². The van der Waals surface area contributed by atoms with Gasteiger partial charge in [-0.3, -0.25) is 0 Å². The van der Waals surface area contributed by atoms with Gasteiger partial charge in [0.05, 0.1) is 0 Å². The highest BCUT2D eigenvalue weighted by Gasteiger charge is 2.37. The molecule has 0 fully saturated rings. The van der Waals surface area contributed by atoms with Gasteiger partial charge in [-0.25, -0.2) is 0 Å². The molecule has 1 atom stereocenters. The fraction of sp³-hybridized carbons (Fsp3) is 0.429. The summed E-state index contributed by atoms with van der Waals surface area (Å²) < 4.78 is 27.8. The van der Waals surface area contributed by atoms with Gasteiger partial charge in [0.1, 0.15) is 0 Å². The number of rotatable bonds is 2. The predicted molar refractivity (Wildman–Crippen MR) is 64.5 cm³/mol. The van der Waals surface area contributed by atoms with Crippen LogP contribution in [0.3, 0.4) is 0 Å². The van der Waals surface area contributed by atoms with E-state index in [1.54, 1.807) is 6.08 Å². The molecule has 0 heterocycles. The molecule has 0 spiro atoms. The molecule has 1 aliphatic carbocycles. The van der Waals surface area contributed by atoms with Crippen LogP contribution in [0.1, 0.15) is 27.2 Å². The molecule has 0 saturated carbocycles. The van der Waals surface area contributed by atoms with Gasteiger partial charge < -0.3 is 0 Å². The third-order valence-electron chi connectivity index (χ3n) is 2.83. The summed E-state index contributed by atoms with van der Waals surface area (Å²) in [6.45, 7) is 8.48. The van der Waals surface area contributed by atoms with E-state index in [0.717, 1.165) is 5.57 Å². The normalized spacial score (nSPS) is 30.4. The number of allylic oxidation sites excluding steroid dienone is 7. The first-order chi connectivity index (χ1) is 7.35. The maximum atomic E-state index is 13.9. The lowest BCUT2D eigenvalue weighted by Gasteiger charge is -2.25. The molecule has 0 aliphatic heterocycles. The van der Waals surface area contributed by atoms with Crippen LogP contribution in [0.15, 0.2) is 47.6 Å². The highest BCUT2D eigenvalue weighted by Crippen LogP contribution is 2.37. The molecule has 0 nitrogen and oxygen atoms in total. The van der Waals surface area contributed by atoms with Crippen LogP contribution in [-0.2, 0) is 0 Å². The Kier molecular flexibility index (Phi) is 3.84. The Labute approximate surface area is 96.1 Å². The molecule has 1 aliphatic rings. The van der Waals surface area contributed by atoms with Gasteiger partial charge >= 0.3 is 0 Å². The minimum absolute atomic E-state index is 0.0961. The summed E-state index contributed by atoms with van der Waals surface area (Å²) in [5, 5.41) is 0. The zero-order chi connectivity index (χ0) is 12.3. The lowest BCUT2D eigenvalue weighted by atomic mass is 9.87. The van der Waals surface area contributed by atoms with Crippen LogP contribution in [0, 0.1) is 5.92 Å². The van der Waals surface area contributed by atoms with Crippen molar-refractivity contribution in [2.75, 3.05) is 0 Å². The first-order valence-corrected chi connectivity index (χ1v) is 5.45. The van der Waals surface area contributed by atoms with E-state index in [0.29, 0.717) is 6.42 Å². The highest BCUT2D eigenvalue weighted by molar-refractivity contribution is 5.35. The summed E-state index contributed by atoms with van der Waals surface area (Å²) >= 11 is 0. The lowest BCUT2D eigenvalue weighted by Crippen LogP contribution is -2.25. The van der Waals surface area contributed by atoms with Crippen molar-refractivity contribution in [3.8, 4) is 0 Å². The summed E-state index contributed by atoms with van der Waals surface area (Å²) in [5.74, 6) is -3.06. The first-order valence-electron chi connectivity index (χ1n) is 5.45. The molecule has 1 rings (SSSR count). The molecule has 2 heteroatoms. The fourth-order valence-corrected chi connectivity index (χ4v) is 1.69. The van der Waals surface area contributed by atoms with Gasteiger partial charge in [-0.2, -0.15) is 8.78 Å². The number of halogens is 2. The van der Waals surface area contributed by atoms with Gasteiger partial charge in [-0.15, -0.1) is 0 Å². The van der Waals surface area contributed by atoms with Gasteiger partial charge in [0, 0.05) is 5.57 Å². The van der Waals surface area contributed by atoms with E-state index in [4.69, 9.17) is 0 Å². The molecular formula is C14H18F2. The molecule has 16 heavy (non-hydrogen) atoms. The Morgan fingerprint density at radius 3 is 2.62 bits per heavy atom. The molecule has 0 aromatic heterocycles. The Morgan fingerprint density at radius 1 is 1.44 bits per heavy atom. The van der Waals surface area contributed by atoms with E-state index in [9.17, 15) is 8.78 Å². The third kappa shape index (κ3) is 2.69. The first kappa shape index (κ1) is 12.9. The van der Waals surface area contributed by atoms with Crippen LogP contribution in [-0.4, -0.2) is 5.92 Å². The Morgan fingerprint density at radius 2 is 2.06 bits per heavy atom. The summed E-state index contributed by atoms with van der Waals surface area (Å²) in [7, 11) is 0. The second-order valence-corrected chi connectivity index (χ2v) is 4.43. The molecule has 0 amide bonds. The van der Waals surface area contributed by atoms with E-state index in [1.165, 1.54) is 13.0 Å². The van der Waals surface area contributed by atoms with Crippen molar-refractivity contribution in [3.63, 3.8) is 0 Å². The summed E-state index contributed by atoms with van der Waals surface area (Å²) in [4.78, 5) is 0. The zero-order valence-corrected chi connectivity index (χ0v) is 10.1. The fourth-order valence-electron chi connectivity index (χ4n) is 1.69. The number of alkyl halides is 2. The Balaban J connectivity index is 3.15. The average molecular weight is 224 g/mol. The molecule has 0 saturated heterocycles. The summed E-state index contributed by atoms with van der Waals surface area (Å²) in [6, 6.07) is 0. The zero-order valence-electron chi connectivity index (χ0n) is 10.1. The van der Waals surface area contributed by atoms with Crippen LogP contribution in [0.25, 0.3) is 0 Å². The van der Waals surface area contributed by atoms with Gasteiger partial charge in [-0.1, -0.05) is 43.4 Å². The van der Waals surface area contributed by atoms with E-state index in [1.807, 2.05) is 26.0 Å². The SMILES string of the molecule is C=C(C)C(F)(F)/C1=C/C=C(C)\C=C\CC1C. The molecule has 88 valence electrons. The number of hydrogen-bond acceptors (Lipinski definition) is 0. The van der Waals surface area contributed by atoms with Crippen molar-refractivity contribution >= 4 is 0 Å². The van der Waals surface area contributed by atoms with Crippen LogP contribution < -0.4 is 0 Å². The predicted octanol–water partition coefficient (Wildman–Crippen LogP) is 4.67. The van der Waals surface area contributed by atoms with E-state index < -0.39 is 5.92 Å². The second-order valence-electron chi connectivity index (χ2n) is 4.43. The summed E-state index contributed by atoms with van der Waals surface area (Å²) in [5.41, 5.74) is 1.05. The molecule has 0 N–H and O–H groups in total. The quantitative estimate of drug-likeness (QED) is 0.598. The molecule has 1 unspecified atom stereocenters. The van der Waals surface area contributed by atoms with Crippen LogP contribution >= 0.6 is 0 Å². The van der Waals surface area contributed by atoms with Crippen molar-refractivity contribution in [1.29, 1.82) is 0 Å². The number of hydrogen-bond donors (Lipinski definition) is 0. The molecule has 0 aromatic carbocycles. The Hall–Kier alpha value is -1.18. The molecule has 0 aromatic rings. The maximum Gasteiger partial charge on any atom is 0.290 e. The molecule has 0 radical (unpaired) electrons. The smallest absolute Gasteiger partial charge is 0.197 e. The average Bonchev–Trinajstić information content (AvgIpc) is 2.14. The van der Waals surface area contributed by atoms with Gasteiger partial charge in [-0.05, 0) is 31.8 Å². The second kappa shape index (κ2) is 4.77. The van der Waals surface area contributed by atoms with Crippen molar-refractivity contribution < 1.29 is 8.78 Å². The van der Waals surface area contributed by atoms with Crippen LogP contribution in [0.2, 0.25) is 0 Å². The summed E-state index contributed by atoms with van der Waals surface area (Å²) in [6.07, 6.45) is 7.82. The van der Waals surface area contributed by atoms with Crippen molar-refractivity contribution in [1.82, 2.24) is 0 Å². The van der Waals surface area contributed by atoms with Gasteiger partial charge in [0.25, 0.3) is 5.92 Å². The molecule has 0 bridgehead atoms. The molecular weight excluding hydrogens is 206 g/mol. The van der Waals surface area contributed by atoms with Crippen molar-refractivity contribution in [3.05, 3.63) is 47.6 Å². The monoisotopic (exact) mass is 224 g/mol. The van der Waals surface area contributed by atoms with Crippen LogP contribution in [0.4, 0.5) is 8.78 Å². The minimum atomic E-state index is -2.90. The largest absolute Gasteiger partial charge is 0.290 e. The van der Waals surface area contributed by atoms with Gasteiger partial charge in [0.15, 0.2) is 0 Å². The lowest BCUT2D eigenvalue weighted by molar-refractivity contribution is 0.0727. The third-order valence-corrected chi connectivity index (χ3v) is 2.83. The van der Waals surface area contributed by atoms with E-state index >= 15 is 0 Å². The Bertz CT molecular complexity index is 370. The van der Waals surface area contributed by atoms with Crippen molar-refractivity contribution in [2.45, 2.75) is 33.1 Å². The topological polar surface area (TPSA) is 0 Å². The van der Waals surface area contributed by atoms with Crippen molar-refractivity contribution in [2.24, 2.45) is 5.92 Å². The highest BCUT2D eigenvalue weighted by atomic mass is 19.3.